The van der Waals surface area contributed by atoms with Gasteiger partial charge in [-0.2, -0.15) is 0 Å². The van der Waals surface area contributed by atoms with Crippen LogP contribution in [0.5, 0.6) is 0 Å². The molecule has 2 unspecified atom stereocenters. The quantitative estimate of drug-likeness (QED) is 0.381. The van der Waals surface area contributed by atoms with E-state index in [9.17, 15) is 18.1 Å². The Bertz CT molecular complexity index is 334. The van der Waals surface area contributed by atoms with Crippen molar-refractivity contribution in [3.8, 4) is 0 Å². The van der Waals surface area contributed by atoms with Gasteiger partial charge in [0.25, 0.3) is 0 Å². The molecule has 0 aliphatic carbocycles. The fraction of sp³-hybridized carbons (Fsp3) is 1.00. The zero-order chi connectivity index (χ0) is 10.4. The van der Waals surface area contributed by atoms with E-state index in [1.165, 1.54) is 0 Å². The number of aliphatic hydroxyl groups is 1. The molecule has 82 valence electrons. The average molecular weight is 243 g/mol. The Hall–Kier alpha value is 0.830. The van der Waals surface area contributed by atoms with Crippen LogP contribution in [0.15, 0.2) is 0 Å². The van der Waals surface area contributed by atoms with Gasteiger partial charge in [0.1, 0.15) is 10.1 Å². The van der Waals surface area contributed by atoms with Crippen molar-refractivity contribution in [2.45, 2.75) is 36.7 Å². The third-order valence-corrected chi connectivity index (χ3v) is 4.67. The van der Waals surface area contributed by atoms with Gasteiger partial charge in [-0.1, -0.05) is 6.42 Å². The summed E-state index contributed by atoms with van der Waals surface area (Å²) in [6, 6.07) is -0.473. The van der Waals surface area contributed by atoms with Crippen LogP contribution in [0, 0.1) is 0 Å². The van der Waals surface area contributed by atoms with E-state index >= 15 is 0 Å². The molecule has 0 amide bonds. The van der Waals surface area contributed by atoms with E-state index in [1.54, 1.807) is 0 Å². The molecule has 0 aromatic carbocycles. The maximum atomic E-state index is 11.0. The van der Waals surface area contributed by atoms with Gasteiger partial charge in [0, 0.05) is 13.0 Å². The van der Waals surface area contributed by atoms with Crippen LogP contribution in [0.4, 0.5) is 0 Å². The zero-order valence-electron chi connectivity index (χ0n) is 8.85. The average Bonchev–Trinajstić information content (AvgIpc) is 2.45. The van der Waals surface area contributed by atoms with Crippen LogP contribution in [0.3, 0.4) is 0 Å². The predicted octanol–water partition coefficient (Wildman–Crippen LogP) is -3.52. The molecule has 2 fully saturated rings. The molecule has 0 saturated carbocycles. The molecule has 2 aliphatic heterocycles. The molecule has 2 atom stereocenters. The van der Waals surface area contributed by atoms with Crippen LogP contribution in [-0.2, 0) is 10.1 Å². The molecule has 1 N–H and O–H groups in total. The first-order valence-corrected chi connectivity index (χ1v) is 6.28. The standard InChI is InChI=1S/C8H15NO4S.Na/c10-8(14(11,12)13)4-6-9-5-2-1-3-7(8)9;/h7,10H,1-6H2,(H,11,12,13);/q;+1/p-1. The van der Waals surface area contributed by atoms with Crippen molar-refractivity contribution in [3.63, 3.8) is 0 Å². The maximum absolute atomic E-state index is 11.0. The van der Waals surface area contributed by atoms with Crippen LogP contribution in [0.2, 0.25) is 0 Å². The van der Waals surface area contributed by atoms with Crippen LogP contribution < -0.4 is 29.6 Å². The zero-order valence-corrected chi connectivity index (χ0v) is 11.7. The van der Waals surface area contributed by atoms with Gasteiger partial charge in [0.05, 0.1) is 6.04 Å². The van der Waals surface area contributed by atoms with Crippen molar-refractivity contribution in [1.82, 2.24) is 4.90 Å². The molecule has 0 spiro atoms. The molecule has 7 heteroatoms. The van der Waals surface area contributed by atoms with E-state index in [1.807, 2.05) is 4.90 Å². The van der Waals surface area contributed by atoms with Gasteiger partial charge in [-0.05, 0) is 19.4 Å². The van der Waals surface area contributed by atoms with Crippen LogP contribution in [-0.4, -0.2) is 47.0 Å². The first-order valence-electron chi connectivity index (χ1n) is 4.87. The molecule has 15 heavy (non-hydrogen) atoms. The van der Waals surface area contributed by atoms with Gasteiger partial charge >= 0.3 is 29.6 Å². The normalized spacial score (nSPS) is 37.1. The van der Waals surface area contributed by atoms with E-state index in [-0.39, 0.29) is 36.0 Å². The van der Waals surface area contributed by atoms with E-state index in [0.29, 0.717) is 13.0 Å². The summed E-state index contributed by atoms with van der Waals surface area (Å²) in [6.07, 6.45) is 2.58. The van der Waals surface area contributed by atoms with Gasteiger partial charge in [-0.3, -0.25) is 4.90 Å². The van der Waals surface area contributed by atoms with Crippen molar-refractivity contribution in [2.24, 2.45) is 0 Å². The fourth-order valence-electron chi connectivity index (χ4n) is 2.53. The molecule has 2 saturated heterocycles. The molecule has 0 radical (unpaired) electrons. The van der Waals surface area contributed by atoms with Crippen LogP contribution in [0.1, 0.15) is 25.7 Å². The number of nitrogens with zero attached hydrogens (tertiary/aromatic N) is 1. The first-order chi connectivity index (χ1) is 6.45. The summed E-state index contributed by atoms with van der Waals surface area (Å²) < 4.78 is 32.9. The third-order valence-electron chi connectivity index (χ3n) is 3.32. The molecule has 0 aromatic rings. The van der Waals surface area contributed by atoms with Gasteiger partial charge in [0.15, 0.2) is 4.93 Å². The van der Waals surface area contributed by atoms with Gasteiger partial charge in [-0.25, -0.2) is 8.42 Å². The minimum absolute atomic E-state index is 0. The summed E-state index contributed by atoms with van der Waals surface area (Å²) in [7, 11) is -4.61. The maximum Gasteiger partial charge on any atom is 1.00 e. The smallest absolute Gasteiger partial charge is 0.746 e. The van der Waals surface area contributed by atoms with Gasteiger partial charge in [0.2, 0.25) is 0 Å². The topological polar surface area (TPSA) is 80.7 Å². The van der Waals surface area contributed by atoms with E-state index in [0.717, 1.165) is 19.4 Å². The number of hydrogen-bond acceptors (Lipinski definition) is 5. The van der Waals surface area contributed by atoms with E-state index in [4.69, 9.17) is 0 Å². The summed E-state index contributed by atoms with van der Waals surface area (Å²) in [5.74, 6) is 0. The SMILES string of the molecule is O=S(=O)([O-])C1(O)CCN2CCCCC21.[Na+]. The number of hydrogen-bond donors (Lipinski definition) is 1. The summed E-state index contributed by atoms with van der Waals surface area (Å²) >= 11 is 0. The summed E-state index contributed by atoms with van der Waals surface area (Å²) in [6.45, 7) is 1.31. The van der Waals surface area contributed by atoms with Crippen molar-refractivity contribution in [3.05, 3.63) is 0 Å². The Morgan fingerprint density at radius 2 is 2.00 bits per heavy atom. The van der Waals surface area contributed by atoms with E-state index < -0.39 is 21.1 Å². The number of rotatable bonds is 1. The van der Waals surface area contributed by atoms with Gasteiger partial charge < -0.3 is 9.66 Å². The van der Waals surface area contributed by atoms with Crippen molar-refractivity contribution in [1.29, 1.82) is 0 Å². The monoisotopic (exact) mass is 243 g/mol. The molecule has 0 aromatic heterocycles. The van der Waals surface area contributed by atoms with Crippen molar-refractivity contribution >= 4 is 10.1 Å². The number of piperidine rings is 1. The summed E-state index contributed by atoms with van der Waals surface area (Å²) in [5, 5.41) is 9.88. The Morgan fingerprint density at radius 1 is 1.33 bits per heavy atom. The molecule has 2 rings (SSSR count). The first kappa shape index (κ1) is 13.9. The minimum atomic E-state index is -4.61. The molecule has 2 aliphatic rings. The van der Waals surface area contributed by atoms with Crippen LogP contribution >= 0.6 is 0 Å². The molecule has 5 nitrogen and oxygen atoms in total. The second-order valence-electron chi connectivity index (χ2n) is 4.10. The summed E-state index contributed by atoms with van der Waals surface area (Å²) in [4.78, 5) is -0.119. The van der Waals surface area contributed by atoms with Crippen molar-refractivity contribution in [2.75, 3.05) is 13.1 Å². The molecular formula is C8H14NNaO4S. The Morgan fingerprint density at radius 3 is 2.60 bits per heavy atom. The number of fused-ring (bicyclic) bond motifs is 1. The second-order valence-corrected chi connectivity index (χ2v) is 5.71. The van der Waals surface area contributed by atoms with Crippen LogP contribution in [0.25, 0.3) is 0 Å². The largest absolute Gasteiger partial charge is 1.00 e. The third kappa shape index (κ3) is 2.26. The van der Waals surface area contributed by atoms with Gasteiger partial charge in [-0.15, -0.1) is 0 Å². The second kappa shape index (κ2) is 4.60. The predicted molar refractivity (Wildman–Crippen MR) is 48.5 cm³/mol. The summed E-state index contributed by atoms with van der Waals surface area (Å²) in [5.41, 5.74) is 0. The minimum Gasteiger partial charge on any atom is -0.746 e. The Kier molecular flexibility index (Phi) is 4.26. The fourth-order valence-corrected chi connectivity index (χ4v) is 3.47. The Balaban J connectivity index is 0.00000112. The molecule has 2 heterocycles. The van der Waals surface area contributed by atoms with E-state index in [2.05, 4.69) is 0 Å². The Labute approximate surface area is 112 Å². The molecular weight excluding hydrogens is 229 g/mol. The molecule has 0 bridgehead atoms. The van der Waals surface area contributed by atoms with Crippen molar-refractivity contribution < 1.29 is 47.6 Å².